The molecule has 0 saturated carbocycles. The Morgan fingerprint density at radius 3 is 2.44 bits per heavy atom. The van der Waals surface area contributed by atoms with Gasteiger partial charge >= 0.3 is 0 Å². The molecule has 1 aromatic heterocycles. The van der Waals surface area contributed by atoms with E-state index in [1.165, 1.54) is 23.5 Å². The first-order valence-electron chi connectivity index (χ1n) is 7.67. The van der Waals surface area contributed by atoms with Crippen molar-refractivity contribution >= 4 is 37.3 Å². The predicted molar refractivity (Wildman–Crippen MR) is 99.4 cm³/mol. The van der Waals surface area contributed by atoms with Crippen molar-refractivity contribution < 1.29 is 13.2 Å². The van der Waals surface area contributed by atoms with E-state index in [0.29, 0.717) is 4.80 Å². The van der Waals surface area contributed by atoms with Gasteiger partial charge in [0, 0.05) is 13.3 Å². The zero-order valence-electron chi connectivity index (χ0n) is 14.2. The third-order valence-electron chi connectivity index (χ3n) is 3.95. The summed E-state index contributed by atoms with van der Waals surface area (Å²) in [6, 6.07) is 12.4. The average Bonchev–Trinajstić information content (AvgIpc) is 2.84. The Bertz CT molecular complexity index is 1120. The van der Waals surface area contributed by atoms with Crippen LogP contribution in [0, 0.1) is 6.92 Å². The third-order valence-corrected chi connectivity index (χ3v) is 6.18. The van der Waals surface area contributed by atoms with Crippen LogP contribution in [0.3, 0.4) is 0 Å². The normalized spacial score (nSPS) is 12.7. The van der Waals surface area contributed by atoms with Gasteiger partial charge in [0.05, 0.1) is 21.5 Å². The minimum Gasteiger partial charge on any atom is -0.319 e. The van der Waals surface area contributed by atoms with Crippen LogP contribution in [0.25, 0.3) is 10.2 Å². The number of hydrogen-bond acceptors (Lipinski definition) is 4. The standard InChI is InChI=1S/C18H18N2O3S2/c1-12-5-4-6-15-17(12)20(2)18(24-15)19-16(21)11-13-7-9-14(10-8-13)25(3,22)23/h4-10H,11H2,1-3H3. The van der Waals surface area contributed by atoms with Crippen molar-refractivity contribution in [1.82, 2.24) is 4.57 Å². The van der Waals surface area contributed by atoms with Gasteiger partial charge in [-0.3, -0.25) is 4.79 Å². The monoisotopic (exact) mass is 374 g/mol. The quantitative estimate of drug-likeness (QED) is 0.708. The first-order chi connectivity index (χ1) is 11.8. The lowest BCUT2D eigenvalue weighted by molar-refractivity contribution is -0.117. The molecular formula is C18H18N2O3S2. The van der Waals surface area contributed by atoms with Crippen LogP contribution in [0.1, 0.15) is 11.1 Å². The van der Waals surface area contributed by atoms with Crippen molar-refractivity contribution in [3.63, 3.8) is 0 Å². The van der Waals surface area contributed by atoms with Crippen molar-refractivity contribution in [2.45, 2.75) is 18.2 Å². The summed E-state index contributed by atoms with van der Waals surface area (Å²) in [5.74, 6) is -0.257. The predicted octanol–water partition coefficient (Wildman–Crippen LogP) is 2.62. The number of carbonyl (C=O) groups excluding carboxylic acids is 1. The molecule has 2 aromatic carbocycles. The fourth-order valence-electron chi connectivity index (χ4n) is 2.68. The SMILES string of the molecule is Cc1cccc2sc(=NC(=O)Cc3ccc(S(C)(=O)=O)cc3)n(C)c12. The summed E-state index contributed by atoms with van der Waals surface area (Å²) < 4.78 is 26.0. The zero-order chi connectivity index (χ0) is 18.2. The number of carbonyl (C=O) groups is 1. The number of hydrogen-bond donors (Lipinski definition) is 0. The number of fused-ring (bicyclic) bond motifs is 1. The molecule has 130 valence electrons. The number of aromatic nitrogens is 1. The van der Waals surface area contributed by atoms with Crippen molar-refractivity contribution in [2.75, 3.05) is 6.26 Å². The minimum absolute atomic E-state index is 0.136. The van der Waals surface area contributed by atoms with Gasteiger partial charge in [0.1, 0.15) is 0 Å². The molecule has 0 saturated heterocycles. The third kappa shape index (κ3) is 3.72. The molecule has 1 heterocycles. The van der Waals surface area contributed by atoms with E-state index in [2.05, 4.69) is 4.99 Å². The van der Waals surface area contributed by atoms with Crippen LogP contribution in [0.15, 0.2) is 52.4 Å². The van der Waals surface area contributed by atoms with E-state index in [-0.39, 0.29) is 17.2 Å². The molecule has 0 aliphatic carbocycles. The average molecular weight is 374 g/mol. The van der Waals surface area contributed by atoms with Gasteiger partial charge in [-0.15, -0.1) is 0 Å². The number of aryl methyl sites for hydroxylation is 2. The molecule has 0 fully saturated rings. The Morgan fingerprint density at radius 2 is 1.84 bits per heavy atom. The highest BCUT2D eigenvalue weighted by Gasteiger charge is 2.09. The first-order valence-corrected chi connectivity index (χ1v) is 10.4. The summed E-state index contributed by atoms with van der Waals surface area (Å²) >= 11 is 1.48. The van der Waals surface area contributed by atoms with Crippen LogP contribution in [-0.2, 0) is 28.1 Å². The molecule has 25 heavy (non-hydrogen) atoms. The second kappa shape index (κ2) is 6.57. The number of para-hydroxylation sites is 1. The van der Waals surface area contributed by atoms with Gasteiger partial charge in [-0.2, -0.15) is 4.99 Å². The van der Waals surface area contributed by atoms with E-state index < -0.39 is 9.84 Å². The molecule has 0 spiro atoms. The Hall–Kier alpha value is -2.25. The molecule has 0 aliphatic rings. The maximum Gasteiger partial charge on any atom is 0.252 e. The number of nitrogens with zero attached hydrogens (tertiary/aromatic N) is 2. The van der Waals surface area contributed by atoms with E-state index in [0.717, 1.165) is 27.6 Å². The number of benzene rings is 2. The van der Waals surface area contributed by atoms with Gasteiger partial charge in [-0.25, -0.2) is 8.42 Å². The second-order valence-electron chi connectivity index (χ2n) is 5.96. The largest absolute Gasteiger partial charge is 0.319 e. The molecule has 7 heteroatoms. The van der Waals surface area contributed by atoms with Gasteiger partial charge in [-0.1, -0.05) is 35.6 Å². The highest BCUT2D eigenvalue weighted by Crippen LogP contribution is 2.19. The Morgan fingerprint density at radius 1 is 1.16 bits per heavy atom. The van der Waals surface area contributed by atoms with Crippen molar-refractivity contribution in [1.29, 1.82) is 0 Å². The van der Waals surface area contributed by atoms with Crippen molar-refractivity contribution in [2.24, 2.45) is 12.0 Å². The lowest BCUT2D eigenvalue weighted by Crippen LogP contribution is -2.14. The molecule has 0 N–H and O–H groups in total. The first kappa shape index (κ1) is 17.6. The molecule has 1 amide bonds. The minimum atomic E-state index is -3.23. The molecular weight excluding hydrogens is 356 g/mol. The van der Waals surface area contributed by atoms with E-state index in [1.54, 1.807) is 12.1 Å². The maximum absolute atomic E-state index is 12.3. The van der Waals surface area contributed by atoms with Crippen LogP contribution in [-0.4, -0.2) is 25.1 Å². The number of sulfone groups is 1. The molecule has 0 atom stereocenters. The lowest BCUT2D eigenvalue weighted by atomic mass is 10.1. The molecule has 0 radical (unpaired) electrons. The molecule has 0 aliphatic heterocycles. The number of amides is 1. The summed E-state index contributed by atoms with van der Waals surface area (Å²) in [4.78, 5) is 17.4. The smallest absolute Gasteiger partial charge is 0.252 e. The van der Waals surface area contributed by atoms with Gasteiger partial charge in [0.15, 0.2) is 14.6 Å². The van der Waals surface area contributed by atoms with Crippen molar-refractivity contribution in [3.05, 3.63) is 58.4 Å². The van der Waals surface area contributed by atoms with Gasteiger partial charge < -0.3 is 4.57 Å². The molecule has 3 rings (SSSR count). The van der Waals surface area contributed by atoms with Crippen LogP contribution >= 0.6 is 11.3 Å². The Balaban J connectivity index is 1.89. The molecule has 0 unspecified atom stereocenters. The zero-order valence-corrected chi connectivity index (χ0v) is 15.8. The molecule has 0 bridgehead atoms. The molecule has 3 aromatic rings. The topological polar surface area (TPSA) is 68.5 Å². The highest BCUT2D eigenvalue weighted by atomic mass is 32.2. The summed E-state index contributed by atoms with van der Waals surface area (Å²) in [6.07, 6.45) is 1.29. The molecule has 5 nitrogen and oxygen atoms in total. The van der Waals surface area contributed by atoms with E-state index in [4.69, 9.17) is 0 Å². The number of rotatable bonds is 3. The van der Waals surface area contributed by atoms with E-state index in [1.807, 2.05) is 36.7 Å². The maximum atomic E-state index is 12.3. The highest BCUT2D eigenvalue weighted by molar-refractivity contribution is 7.90. The van der Waals surface area contributed by atoms with Crippen LogP contribution in [0.4, 0.5) is 0 Å². The Labute approximate surface area is 150 Å². The van der Waals surface area contributed by atoms with Gasteiger partial charge in [0.2, 0.25) is 0 Å². The fourth-order valence-corrected chi connectivity index (χ4v) is 4.42. The van der Waals surface area contributed by atoms with Crippen molar-refractivity contribution in [3.8, 4) is 0 Å². The summed E-state index contributed by atoms with van der Waals surface area (Å²) in [7, 11) is -1.33. The van der Waals surface area contributed by atoms with E-state index in [9.17, 15) is 13.2 Å². The van der Waals surface area contributed by atoms with Crippen LogP contribution in [0.5, 0.6) is 0 Å². The summed E-state index contributed by atoms with van der Waals surface area (Å²) in [5, 5.41) is 0. The van der Waals surface area contributed by atoms with Crippen LogP contribution in [0.2, 0.25) is 0 Å². The fraction of sp³-hybridized carbons (Fsp3) is 0.222. The summed E-state index contributed by atoms with van der Waals surface area (Å²) in [6.45, 7) is 2.03. The van der Waals surface area contributed by atoms with E-state index >= 15 is 0 Å². The van der Waals surface area contributed by atoms with Gasteiger partial charge in [-0.05, 0) is 36.2 Å². The number of thiazole rings is 1. The van der Waals surface area contributed by atoms with Crippen LogP contribution < -0.4 is 4.80 Å². The lowest BCUT2D eigenvalue weighted by Gasteiger charge is -2.01. The Kier molecular flexibility index (Phi) is 4.62. The van der Waals surface area contributed by atoms with Gasteiger partial charge in [0.25, 0.3) is 5.91 Å². The summed E-state index contributed by atoms with van der Waals surface area (Å²) in [5.41, 5.74) is 2.96. The second-order valence-corrected chi connectivity index (χ2v) is 8.99.